The molecular weight excluding hydrogens is 116 g/mol. The number of hydrogen-bond acceptors (Lipinski definition) is 1. The lowest BCUT2D eigenvalue weighted by Crippen LogP contribution is -1.75. The second-order valence-corrected chi connectivity index (χ2v) is 2.79. The molecule has 1 heteroatoms. The van der Waals surface area contributed by atoms with Gasteiger partial charge in [-0.05, 0) is 16.6 Å². The van der Waals surface area contributed by atoms with Crippen molar-refractivity contribution in [2.24, 2.45) is 0 Å². The molecule has 1 aliphatic carbocycles. The van der Waals surface area contributed by atoms with Crippen molar-refractivity contribution in [1.82, 2.24) is 0 Å². The van der Waals surface area contributed by atoms with Gasteiger partial charge in [-0.15, -0.1) is 11.8 Å². The summed E-state index contributed by atoms with van der Waals surface area (Å²) in [6, 6.07) is 0. The average molecular weight is 122 g/mol. The standard InChI is InChI=1S/C7H6S/c1-2-6-4-8-5-7(6)3-1/h1-4H,5H2. The van der Waals surface area contributed by atoms with Crippen LogP contribution in [0.15, 0.2) is 34.8 Å². The molecule has 1 aliphatic heterocycles. The number of hydrogen-bond donors (Lipinski definition) is 0. The van der Waals surface area contributed by atoms with Crippen LogP contribution in [-0.4, -0.2) is 5.75 Å². The van der Waals surface area contributed by atoms with Crippen LogP contribution in [0.1, 0.15) is 0 Å². The van der Waals surface area contributed by atoms with Gasteiger partial charge in [0.1, 0.15) is 0 Å². The summed E-state index contributed by atoms with van der Waals surface area (Å²) in [6.45, 7) is 0. The minimum Gasteiger partial charge on any atom is -0.129 e. The smallest absolute Gasteiger partial charge is 0.0232 e. The number of rotatable bonds is 0. The van der Waals surface area contributed by atoms with Gasteiger partial charge < -0.3 is 0 Å². The van der Waals surface area contributed by atoms with Crippen molar-refractivity contribution in [1.29, 1.82) is 0 Å². The van der Waals surface area contributed by atoms with Crippen molar-refractivity contribution in [3.8, 4) is 0 Å². The highest BCUT2D eigenvalue weighted by molar-refractivity contribution is 8.02. The van der Waals surface area contributed by atoms with E-state index in [2.05, 4.69) is 23.6 Å². The molecule has 0 atom stereocenters. The zero-order valence-corrected chi connectivity index (χ0v) is 5.24. The number of allylic oxidation sites excluding steroid dienone is 4. The van der Waals surface area contributed by atoms with E-state index in [1.165, 1.54) is 16.9 Å². The first-order valence-corrected chi connectivity index (χ1v) is 3.71. The normalized spacial score (nSPS) is 23.0. The molecule has 0 bridgehead atoms. The maximum Gasteiger partial charge on any atom is 0.0232 e. The third-order valence-corrected chi connectivity index (χ3v) is 2.29. The lowest BCUT2D eigenvalue weighted by molar-refractivity contribution is 1.54. The van der Waals surface area contributed by atoms with Gasteiger partial charge in [0.05, 0.1) is 0 Å². The Hall–Kier alpha value is -0.430. The molecular formula is C7H6S. The molecule has 0 aromatic carbocycles. The van der Waals surface area contributed by atoms with Crippen molar-refractivity contribution in [2.75, 3.05) is 5.75 Å². The van der Waals surface area contributed by atoms with Crippen LogP contribution in [0.4, 0.5) is 0 Å². The van der Waals surface area contributed by atoms with Gasteiger partial charge in [-0.1, -0.05) is 18.2 Å². The molecule has 8 heavy (non-hydrogen) atoms. The summed E-state index contributed by atoms with van der Waals surface area (Å²) in [4.78, 5) is 0. The van der Waals surface area contributed by atoms with Crippen LogP contribution >= 0.6 is 11.8 Å². The van der Waals surface area contributed by atoms with Crippen molar-refractivity contribution >= 4 is 11.8 Å². The van der Waals surface area contributed by atoms with E-state index < -0.39 is 0 Å². The van der Waals surface area contributed by atoms with Gasteiger partial charge in [-0.2, -0.15) is 0 Å². The minimum absolute atomic E-state index is 1.18. The van der Waals surface area contributed by atoms with E-state index in [0.29, 0.717) is 0 Å². The molecule has 0 saturated carbocycles. The van der Waals surface area contributed by atoms with Crippen molar-refractivity contribution in [3.05, 3.63) is 34.8 Å². The van der Waals surface area contributed by atoms with Gasteiger partial charge in [-0.25, -0.2) is 0 Å². The second kappa shape index (κ2) is 1.52. The molecule has 40 valence electrons. The molecule has 0 aromatic heterocycles. The van der Waals surface area contributed by atoms with Crippen LogP contribution in [0, 0.1) is 0 Å². The van der Waals surface area contributed by atoms with Crippen LogP contribution in [0.25, 0.3) is 0 Å². The van der Waals surface area contributed by atoms with E-state index in [0.717, 1.165) is 0 Å². The maximum atomic E-state index is 2.22. The van der Waals surface area contributed by atoms with E-state index in [4.69, 9.17) is 0 Å². The Bertz CT molecular complexity index is 196. The summed E-state index contributed by atoms with van der Waals surface area (Å²) in [6.07, 6.45) is 6.46. The van der Waals surface area contributed by atoms with Crippen LogP contribution in [-0.2, 0) is 0 Å². The van der Waals surface area contributed by atoms with E-state index in [-0.39, 0.29) is 0 Å². The fourth-order valence-corrected chi connectivity index (χ4v) is 1.87. The molecule has 0 N–H and O–H groups in total. The Morgan fingerprint density at radius 2 is 2.50 bits per heavy atom. The second-order valence-electron chi connectivity index (χ2n) is 1.94. The van der Waals surface area contributed by atoms with E-state index >= 15 is 0 Å². The predicted molar refractivity (Wildman–Crippen MR) is 37.8 cm³/mol. The van der Waals surface area contributed by atoms with Crippen molar-refractivity contribution < 1.29 is 0 Å². The van der Waals surface area contributed by atoms with E-state index in [1.54, 1.807) is 0 Å². The zero-order chi connectivity index (χ0) is 5.40. The van der Waals surface area contributed by atoms with Crippen molar-refractivity contribution in [3.63, 3.8) is 0 Å². The largest absolute Gasteiger partial charge is 0.129 e. The van der Waals surface area contributed by atoms with Crippen LogP contribution in [0.2, 0.25) is 0 Å². The summed E-state index contributed by atoms with van der Waals surface area (Å²) in [5, 5.41) is 2.22. The van der Waals surface area contributed by atoms with Crippen LogP contribution in [0.5, 0.6) is 0 Å². The highest BCUT2D eigenvalue weighted by atomic mass is 32.2. The summed E-state index contributed by atoms with van der Waals surface area (Å²) in [7, 11) is 0. The van der Waals surface area contributed by atoms with E-state index in [1.807, 2.05) is 11.8 Å². The topological polar surface area (TPSA) is 0 Å². The molecule has 0 saturated heterocycles. The molecule has 0 nitrogen and oxygen atoms in total. The summed E-state index contributed by atoms with van der Waals surface area (Å²) in [5.74, 6) is 1.18. The molecule has 0 fully saturated rings. The molecule has 0 unspecified atom stereocenters. The fourth-order valence-electron chi connectivity index (χ4n) is 0.939. The molecule has 0 spiro atoms. The van der Waals surface area contributed by atoms with Gasteiger partial charge >= 0.3 is 0 Å². The van der Waals surface area contributed by atoms with Gasteiger partial charge in [0.15, 0.2) is 0 Å². The summed E-state index contributed by atoms with van der Waals surface area (Å²) >= 11 is 1.88. The molecule has 2 rings (SSSR count). The third kappa shape index (κ3) is 0.480. The minimum atomic E-state index is 1.18. The van der Waals surface area contributed by atoms with Gasteiger partial charge in [0.25, 0.3) is 0 Å². The number of fused-ring (bicyclic) bond motifs is 1. The van der Waals surface area contributed by atoms with Gasteiger partial charge in [0, 0.05) is 5.75 Å². The van der Waals surface area contributed by atoms with Crippen LogP contribution in [0.3, 0.4) is 0 Å². The first-order chi connectivity index (χ1) is 3.97. The summed E-state index contributed by atoms with van der Waals surface area (Å²) < 4.78 is 0. The Labute approximate surface area is 53.0 Å². The van der Waals surface area contributed by atoms with Gasteiger partial charge in [-0.3, -0.25) is 0 Å². The highest BCUT2D eigenvalue weighted by Gasteiger charge is 2.10. The Morgan fingerprint density at radius 3 is 3.38 bits per heavy atom. The predicted octanol–water partition coefficient (Wildman–Crippen LogP) is 2.11. The maximum absolute atomic E-state index is 2.22. The first kappa shape index (κ1) is 4.45. The lowest BCUT2D eigenvalue weighted by atomic mass is 10.2. The Balaban J connectivity index is 2.49. The Kier molecular flexibility index (Phi) is 0.847. The van der Waals surface area contributed by atoms with E-state index in [9.17, 15) is 0 Å². The fraction of sp³-hybridized carbons (Fsp3) is 0.143. The average Bonchev–Trinajstić information content (AvgIpc) is 2.15. The number of thioether (sulfide) groups is 1. The van der Waals surface area contributed by atoms with Crippen molar-refractivity contribution in [2.45, 2.75) is 0 Å². The molecule has 0 amide bonds. The molecule has 1 heterocycles. The van der Waals surface area contributed by atoms with Crippen LogP contribution < -0.4 is 0 Å². The Morgan fingerprint density at radius 1 is 1.50 bits per heavy atom. The summed E-state index contributed by atoms with van der Waals surface area (Å²) in [5.41, 5.74) is 2.92. The quantitative estimate of drug-likeness (QED) is 0.474. The lowest BCUT2D eigenvalue weighted by Gasteiger charge is -1.86. The first-order valence-electron chi connectivity index (χ1n) is 2.66. The zero-order valence-electron chi connectivity index (χ0n) is 4.42. The molecule has 2 aliphatic rings. The monoisotopic (exact) mass is 122 g/mol. The highest BCUT2D eigenvalue weighted by Crippen LogP contribution is 2.31. The SMILES string of the molecule is C1=CC2=CSCC2=C1. The molecule has 0 radical (unpaired) electrons. The van der Waals surface area contributed by atoms with Gasteiger partial charge in [0.2, 0.25) is 0 Å². The molecule has 0 aromatic rings. The third-order valence-electron chi connectivity index (χ3n) is 1.39.